The minimum atomic E-state index is 0.0482. The van der Waals surface area contributed by atoms with Gasteiger partial charge in [0.2, 0.25) is 0 Å². The maximum Gasteiger partial charge on any atom is 0.159 e. The van der Waals surface area contributed by atoms with Crippen molar-refractivity contribution in [1.82, 2.24) is 0 Å². The normalized spacial score (nSPS) is 17.9. The molecule has 0 fully saturated rings. The van der Waals surface area contributed by atoms with E-state index in [1.807, 2.05) is 12.1 Å². The minimum Gasteiger partial charge on any atom is -0.489 e. The molecule has 1 aromatic rings. The van der Waals surface area contributed by atoms with Gasteiger partial charge in [0.05, 0.1) is 11.7 Å². The van der Waals surface area contributed by atoms with Crippen LogP contribution in [0.25, 0.3) is 0 Å². The van der Waals surface area contributed by atoms with Crippen LogP contribution in [0.1, 0.15) is 30.1 Å². The third-order valence-corrected chi connectivity index (χ3v) is 2.90. The molecule has 0 saturated heterocycles. The number of benzene rings is 1. The second kappa shape index (κ2) is 5.19. The smallest absolute Gasteiger partial charge is 0.159 e. The number of ketones is 1. The molecule has 92 valence electrons. The van der Waals surface area contributed by atoms with Crippen LogP contribution < -0.4 is 10.1 Å². The van der Waals surface area contributed by atoms with Gasteiger partial charge in [-0.25, -0.2) is 0 Å². The summed E-state index contributed by atoms with van der Waals surface area (Å²) in [6, 6.07) is 5.62. The molecular weight excluding hydrogens is 218 g/mol. The molecule has 1 atom stereocenters. The van der Waals surface area contributed by atoms with E-state index >= 15 is 0 Å². The molecule has 1 aliphatic rings. The Morgan fingerprint density at radius 1 is 1.59 bits per heavy atom. The van der Waals surface area contributed by atoms with Crippen LogP contribution in [0.15, 0.2) is 18.2 Å². The first-order valence-corrected chi connectivity index (χ1v) is 5.86. The molecule has 1 heterocycles. The molecule has 4 nitrogen and oxygen atoms in total. The first kappa shape index (κ1) is 11.9. The number of carbonyl (C=O) groups is 1. The topological polar surface area (TPSA) is 58.6 Å². The number of fused-ring (bicyclic) bond motifs is 1. The Balaban J connectivity index is 2.12. The molecule has 1 aromatic carbocycles. The fourth-order valence-corrected chi connectivity index (χ4v) is 1.93. The van der Waals surface area contributed by atoms with Crippen LogP contribution in [0.4, 0.5) is 5.69 Å². The quantitative estimate of drug-likeness (QED) is 0.782. The highest BCUT2D eigenvalue weighted by molar-refractivity contribution is 5.95. The van der Waals surface area contributed by atoms with Gasteiger partial charge in [-0.1, -0.05) is 0 Å². The average Bonchev–Trinajstić information content (AvgIpc) is 2.35. The Morgan fingerprint density at radius 2 is 2.41 bits per heavy atom. The monoisotopic (exact) mass is 235 g/mol. The fourth-order valence-electron chi connectivity index (χ4n) is 1.93. The van der Waals surface area contributed by atoms with Crippen molar-refractivity contribution in [2.75, 3.05) is 18.5 Å². The first-order valence-electron chi connectivity index (χ1n) is 5.86. The van der Waals surface area contributed by atoms with E-state index < -0.39 is 0 Å². The third-order valence-electron chi connectivity index (χ3n) is 2.90. The SMILES string of the molecule is CC(=O)c1ccc2c(c1)NC(CCCO)CO2. The van der Waals surface area contributed by atoms with Crippen molar-refractivity contribution in [3.05, 3.63) is 23.8 Å². The van der Waals surface area contributed by atoms with E-state index in [1.165, 1.54) is 0 Å². The van der Waals surface area contributed by atoms with Crippen molar-refractivity contribution in [2.24, 2.45) is 0 Å². The van der Waals surface area contributed by atoms with E-state index in [0.29, 0.717) is 12.2 Å². The van der Waals surface area contributed by atoms with Gasteiger partial charge in [-0.15, -0.1) is 0 Å². The zero-order chi connectivity index (χ0) is 12.3. The number of hydrogen-bond acceptors (Lipinski definition) is 4. The van der Waals surface area contributed by atoms with Crippen LogP contribution in [-0.4, -0.2) is 30.1 Å². The van der Waals surface area contributed by atoms with Crippen LogP contribution in [0.2, 0.25) is 0 Å². The zero-order valence-electron chi connectivity index (χ0n) is 9.90. The molecule has 4 heteroatoms. The standard InChI is InChI=1S/C13H17NO3/c1-9(16)10-4-5-13-12(7-10)14-11(8-17-13)3-2-6-15/h4-5,7,11,14-15H,2-3,6,8H2,1H3. The van der Waals surface area contributed by atoms with Crippen molar-refractivity contribution >= 4 is 11.5 Å². The van der Waals surface area contributed by atoms with Gasteiger partial charge in [0.1, 0.15) is 12.4 Å². The van der Waals surface area contributed by atoms with Gasteiger partial charge in [0.25, 0.3) is 0 Å². The molecule has 0 bridgehead atoms. The Bertz CT molecular complexity index is 417. The van der Waals surface area contributed by atoms with Crippen LogP contribution in [0.5, 0.6) is 5.75 Å². The minimum absolute atomic E-state index is 0.0482. The lowest BCUT2D eigenvalue weighted by Gasteiger charge is -2.27. The zero-order valence-corrected chi connectivity index (χ0v) is 9.90. The van der Waals surface area contributed by atoms with Gasteiger partial charge in [-0.2, -0.15) is 0 Å². The van der Waals surface area contributed by atoms with Gasteiger partial charge in [-0.3, -0.25) is 4.79 Å². The maximum atomic E-state index is 11.3. The van der Waals surface area contributed by atoms with Gasteiger partial charge in [0.15, 0.2) is 5.78 Å². The van der Waals surface area contributed by atoms with Gasteiger partial charge >= 0.3 is 0 Å². The average molecular weight is 235 g/mol. The van der Waals surface area contributed by atoms with Gasteiger partial charge in [0, 0.05) is 12.2 Å². The van der Waals surface area contributed by atoms with Crippen molar-refractivity contribution < 1.29 is 14.6 Å². The number of carbonyl (C=O) groups excluding carboxylic acids is 1. The molecule has 0 aromatic heterocycles. The summed E-state index contributed by atoms with van der Waals surface area (Å²) >= 11 is 0. The van der Waals surface area contributed by atoms with Crippen molar-refractivity contribution in [3.63, 3.8) is 0 Å². The molecule has 0 radical (unpaired) electrons. The molecule has 0 aliphatic carbocycles. The molecule has 0 amide bonds. The highest BCUT2D eigenvalue weighted by Gasteiger charge is 2.19. The summed E-state index contributed by atoms with van der Waals surface area (Å²) in [5.74, 6) is 0.835. The Labute approximate surface area is 101 Å². The molecule has 1 aliphatic heterocycles. The van der Waals surface area contributed by atoms with E-state index in [-0.39, 0.29) is 18.4 Å². The van der Waals surface area contributed by atoms with Crippen LogP contribution in [0.3, 0.4) is 0 Å². The second-order valence-electron chi connectivity index (χ2n) is 4.29. The number of aliphatic hydroxyl groups is 1. The number of anilines is 1. The van der Waals surface area contributed by atoms with Crippen LogP contribution in [-0.2, 0) is 0 Å². The van der Waals surface area contributed by atoms with Crippen LogP contribution >= 0.6 is 0 Å². The van der Waals surface area contributed by atoms with Crippen molar-refractivity contribution in [2.45, 2.75) is 25.8 Å². The van der Waals surface area contributed by atoms with Crippen molar-refractivity contribution in [3.8, 4) is 5.75 Å². The number of Topliss-reactive ketones (excluding diaryl/α,β-unsaturated/α-hetero) is 1. The summed E-state index contributed by atoms with van der Waals surface area (Å²) in [7, 11) is 0. The lowest BCUT2D eigenvalue weighted by Crippen LogP contribution is -2.31. The first-order chi connectivity index (χ1) is 8.20. The van der Waals surface area contributed by atoms with E-state index in [9.17, 15) is 4.79 Å². The summed E-state index contributed by atoms with van der Waals surface area (Å²) in [5.41, 5.74) is 1.55. The number of aliphatic hydroxyl groups excluding tert-OH is 1. The Kier molecular flexibility index (Phi) is 3.64. The van der Waals surface area contributed by atoms with E-state index in [4.69, 9.17) is 9.84 Å². The summed E-state index contributed by atoms with van der Waals surface area (Å²) in [4.78, 5) is 11.3. The van der Waals surface area contributed by atoms with E-state index in [2.05, 4.69) is 5.32 Å². The number of nitrogens with one attached hydrogen (secondary N) is 1. The molecular formula is C13H17NO3. The highest BCUT2D eigenvalue weighted by atomic mass is 16.5. The van der Waals surface area contributed by atoms with Crippen LogP contribution in [0, 0.1) is 0 Å². The Hall–Kier alpha value is -1.55. The molecule has 0 saturated carbocycles. The molecule has 0 spiro atoms. The Morgan fingerprint density at radius 3 is 3.12 bits per heavy atom. The second-order valence-corrected chi connectivity index (χ2v) is 4.29. The van der Waals surface area contributed by atoms with E-state index in [0.717, 1.165) is 24.3 Å². The number of hydrogen-bond donors (Lipinski definition) is 2. The lowest BCUT2D eigenvalue weighted by molar-refractivity contribution is 0.101. The predicted octanol–water partition coefficient (Wildman–Crippen LogP) is 1.83. The summed E-state index contributed by atoms with van der Waals surface area (Å²) in [6.07, 6.45) is 1.61. The summed E-state index contributed by atoms with van der Waals surface area (Å²) in [6.45, 7) is 2.35. The molecule has 1 unspecified atom stereocenters. The predicted molar refractivity (Wildman–Crippen MR) is 65.7 cm³/mol. The molecule has 17 heavy (non-hydrogen) atoms. The largest absolute Gasteiger partial charge is 0.489 e. The maximum absolute atomic E-state index is 11.3. The van der Waals surface area contributed by atoms with Gasteiger partial charge in [-0.05, 0) is 38.0 Å². The lowest BCUT2D eigenvalue weighted by atomic mass is 10.1. The molecule has 2 N–H and O–H groups in total. The highest BCUT2D eigenvalue weighted by Crippen LogP contribution is 2.30. The van der Waals surface area contributed by atoms with Crippen molar-refractivity contribution in [1.29, 1.82) is 0 Å². The van der Waals surface area contributed by atoms with Gasteiger partial charge < -0.3 is 15.2 Å². The number of ether oxygens (including phenoxy) is 1. The third kappa shape index (κ3) is 2.77. The summed E-state index contributed by atoms with van der Waals surface area (Å²) < 4.78 is 5.61. The molecule has 2 rings (SSSR count). The summed E-state index contributed by atoms with van der Waals surface area (Å²) in [5, 5.41) is 12.1. The van der Waals surface area contributed by atoms with E-state index in [1.54, 1.807) is 13.0 Å². The fraction of sp³-hybridized carbons (Fsp3) is 0.462. The number of rotatable bonds is 4.